The molecule has 0 N–H and O–H groups in total. The van der Waals surface area contributed by atoms with Gasteiger partial charge in [0.1, 0.15) is 0 Å². The van der Waals surface area contributed by atoms with Gasteiger partial charge in [-0.05, 0) is 36.3 Å². The van der Waals surface area contributed by atoms with E-state index in [1.54, 1.807) is 12.4 Å². The Morgan fingerprint density at radius 3 is 2.86 bits per heavy atom. The number of aromatic nitrogens is 2. The van der Waals surface area contributed by atoms with Crippen LogP contribution in [-0.2, 0) is 0 Å². The highest BCUT2D eigenvalue weighted by molar-refractivity contribution is 6.31. The Kier molecular flexibility index (Phi) is 2.76. The van der Waals surface area contributed by atoms with E-state index >= 15 is 0 Å². The van der Waals surface area contributed by atoms with E-state index in [4.69, 9.17) is 11.6 Å². The van der Waals surface area contributed by atoms with Gasteiger partial charge in [0.25, 0.3) is 0 Å². The topological polar surface area (TPSA) is 38.1 Å². The zero-order valence-corrected chi connectivity index (χ0v) is 12.2. The van der Waals surface area contributed by atoms with Gasteiger partial charge >= 0.3 is 0 Å². The van der Waals surface area contributed by atoms with Gasteiger partial charge in [-0.15, -0.1) is 0 Å². The summed E-state index contributed by atoms with van der Waals surface area (Å²) >= 11 is 6.23. The minimum Gasteiger partial charge on any atom is -0.257 e. The highest BCUT2D eigenvalue weighted by atomic mass is 35.5. The molecule has 4 rings (SSSR count). The molecule has 0 saturated heterocycles. The molecule has 0 fully saturated rings. The van der Waals surface area contributed by atoms with Gasteiger partial charge in [-0.1, -0.05) is 23.8 Å². The highest BCUT2D eigenvalue weighted by Crippen LogP contribution is 2.34. The van der Waals surface area contributed by atoms with Gasteiger partial charge in [0.15, 0.2) is 0 Å². The molecule has 0 amide bonds. The van der Waals surface area contributed by atoms with Gasteiger partial charge in [0, 0.05) is 35.1 Å². The maximum atomic E-state index is 6.23. The quantitative estimate of drug-likeness (QED) is 0.784. The maximum absolute atomic E-state index is 6.23. The predicted molar refractivity (Wildman–Crippen MR) is 86.4 cm³/mol. The molecule has 2 heterocycles. The molecule has 2 aromatic rings. The lowest BCUT2D eigenvalue weighted by Gasteiger charge is -2.14. The summed E-state index contributed by atoms with van der Waals surface area (Å²) in [6.07, 6.45) is 10.5. The largest absolute Gasteiger partial charge is 0.257 e. The highest BCUT2D eigenvalue weighted by Gasteiger charge is 2.19. The van der Waals surface area contributed by atoms with Crippen molar-refractivity contribution in [1.29, 1.82) is 0 Å². The Morgan fingerprint density at radius 2 is 1.95 bits per heavy atom. The molecule has 3 nitrogen and oxygen atoms in total. The van der Waals surface area contributed by atoms with Gasteiger partial charge in [0.05, 0.1) is 16.7 Å². The number of aliphatic imine (C=N–C) groups is 1. The standard InChI is InChI=1S/C17H12ClN3/c1-10-6-12-3-2-11(7-15(12)21-10)14-8-13(18)9-16-17(14)20-5-4-19-16/h2-6,8-9H,7H2,1H3. The van der Waals surface area contributed by atoms with Crippen molar-refractivity contribution < 1.29 is 0 Å². The van der Waals surface area contributed by atoms with Crippen molar-refractivity contribution >= 4 is 33.9 Å². The summed E-state index contributed by atoms with van der Waals surface area (Å²) in [6.45, 7) is 2.02. The van der Waals surface area contributed by atoms with E-state index in [0.717, 1.165) is 34.4 Å². The Hall–Kier alpha value is -2.26. The van der Waals surface area contributed by atoms with E-state index in [9.17, 15) is 0 Å². The lowest BCUT2D eigenvalue weighted by atomic mass is 9.91. The van der Waals surface area contributed by atoms with Crippen LogP contribution < -0.4 is 0 Å². The molecule has 0 saturated carbocycles. The molecule has 1 aliphatic heterocycles. The Morgan fingerprint density at radius 1 is 1.10 bits per heavy atom. The number of rotatable bonds is 1. The molecular formula is C17H12ClN3. The van der Waals surface area contributed by atoms with E-state index in [-0.39, 0.29) is 0 Å². The number of hydrogen-bond acceptors (Lipinski definition) is 3. The first kappa shape index (κ1) is 12.5. The van der Waals surface area contributed by atoms with Crippen LogP contribution in [0.15, 0.2) is 59.0 Å². The lowest BCUT2D eigenvalue weighted by molar-refractivity contribution is 1.28. The van der Waals surface area contributed by atoms with Crippen molar-refractivity contribution in [1.82, 2.24) is 9.97 Å². The van der Waals surface area contributed by atoms with Crippen LogP contribution in [0.4, 0.5) is 0 Å². The molecule has 21 heavy (non-hydrogen) atoms. The van der Waals surface area contributed by atoms with Crippen molar-refractivity contribution in [2.45, 2.75) is 13.3 Å². The Balaban J connectivity index is 1.88. The summed E-state index contributed by atoms with van der Waals surface area (Å²) in [5.74, 6) is 0. The molecule has 1 aromatic carbocycles. The number of nitrogens with zero attached hydrogens (tertiary/aromatic N) is 3. The van der Waals surface area contributed by atoms with Crippen LogP contribution in [0.5, 0.6) is 0 Å². The van der Waals surface area contributed by atoms with Crippen molar-refractivity contribution in [3.63, 3.8) is 0 Å². The lowest BCUT2D eigenvalue weighted by Crippen LogP contribution is -2.04. The third-order valence-corrected chi connectivity index (χ3v) is 3.93. The molecule has 0 radical (unpaired) electrons. The Bertz CT molecular complexity index is 888. The fourth-order valence-electron chi connectivity index (χ4n) is 2.80. The zero-order valence-electron chi connectivity index (χ0n) is 11.5. The van der Waals surface area contributed by atoms with E-state index in [2.05, 4.69) is 33.2 Å². The monoisotopic (exact) mass is 293 g/mol. The van der Waals surface area contributed by atoms with Crippen LogP contribution in [0.25, 0.3) is 16.6 Å². The SMILES string of the molecule is CC1=CC2=CC=C(c3cc(Cl)cc4nccnc34)CC2=N1. The summed E-state index contributed by atoms with van der Waals surface area (Å²) in [6, 6.07) is 3.80. The molecule has 1 aliphatic carbocycles. The molecular weight excluding hydrogens is 282 g/mol. The fraction of sp³-hybridized carbons (Fsp3) is 0.118. The molecule has 0 unspecified atom stereocenters. The van der Waals surface area contributed by atoms with Crippen LogP contribution in [-0.4, -0.2) is 15.7 Å². The summed E-state index contributed by atoms with van der Waals surface area (Å²) < 4.78 is 0. The van der Waals surface area contributed by atoms with Crippen LogP contribution in [0, 0.1) is 0 Å². The molecule has 0 spiro atoms. The van der Waals surface area contributed by atoms with Crippen LogP contribution in [0.1, 0.15) is 18.9 Å². The van der Waals surface area contributed by atoms with Gasteiger partial charge in [-0.2, -0.15) is 0 Å². The van der Waals surface area contributed by atoms with Crippen LogP contribution in [0.2, 0.25) is 5.02 Å². The number of allylic oxidation sites excluding steroid dienone is 6. The minimum absolute atomic E-state index is 0.677. The molecule has 0 atom stereocenters. The van der Waals surface area contributed by atoms with Gasteiger partial charge in [0.2, 0.25) is 0 Å². The van der Waals surface area contributed by atoms with Crippen LogP contribution in [0.3, 0.4) is 0 Å². The van der Waals surface area contributed by atoms with E-state index < -0.39 is 0 Å². The minimum atomic E-state index is 0.677. The zero-order chi connectivity index (χ0) is 14.4. The molecule has 2 aliphatic rings. The average molecular weight is 294 g/mol. The number of hydrogen-bond donors (Lipinski definition) is 0. The van der Waals surface area contributed by atoms with Crippen molar-refractivity contribution in [2.24, 2.45) is 4.99 Å². The second-order valence-corrected chi connectivity index (χ2v) is 5.65. The summed E-state index contributed by atoms with van der Waals surface area (Å²) in [5, 5.41) is 0.677. The Labute approximate surface area is 127 Å². The van der Waals surface area contributed by atoms with E-state index in [1.165, 1.54) is 11.1 Å². The molecule has 4 heteroatoms. The van der Waals surface area contributed by atoms with Crippen molar-refractivity contribution in [3.8, 4) is 0 Å². The number of fused-ring (bicyclic) bond motifs is 2. The van der Waals surface area contributed by atoms with Crippen LogP contribution >= 0.6 is 11.6 Å². The smallest absolute Gasteiger partial charge is 0.0962 e. The summed E-state index contributed by atoms with van der Waals surface area (Å²) in [7, 11) is 0. The second-order valence-electron chi connectivity index (χ2n) is 5.21. The summed E-state index contributed by atoms with van der Waals surface area (Å²) in [4.78, 5) is 13.4. The third-order valence-electron chi connectivity index (χ3n) is 3.72. The third kappa shape index (κ3) is 2.10. The first-order chi connectivity index (χ1) is 10.2. The van der Waals surface area contributed by atoms with Gasteiger partial charge in [-0.3, -0.25) is 15.0 Å². The number of benzene rings is 1. The van der Waals surface area contributed by atoms with Gasteiger partial charge < -0.3 is 0 Å². The molecule has 102 valence electrons. The summed E-state index contributed by atoms with van der Waals surface area (Å²) in [5.41, 5.74) is 7.28. The number of halogens is 1. The predicted octanol–water partition coefficient (Wildman–Crippen LogP) is 4.36. The van der Waals surface area contributed by atoms with Gasteiger partial charge in [-0.25, -0.2) is 0 Å². The van der Waals surface area contributed by atoms with Crippen molar-refractivity contribution in [3.05, 3.63) is 64.6 Å². The molecule has 0 bridgehead atoms. The molecule has 1 aromatic heterocycles. The first-order valence-electron chi connectivity index (χ1n) is 6.78. The van der Waals surface area contributed by atoms with Crippen molar-refractivity contribution in [2.75, 3.05) is 0 Å². The second kappa shape index (κ2) is 4.64. The normalized spacial score (nSPS) is 17.0. The van der Waals surface area contributed by atoms with E-state index in [0.29, 0.717) is 5.02 Å². The fourth-order valence-corrected chi connectivity index (χ4v) is 3.02. The first-order valence-corrected chi connectivity index (χ1v) is 7.16. The van der Waals surface area contributed by atoms with E-state index in [1.807, 2.05) is 19.1 Å². The maximum Gasteiger partial charge on any atom is 0.0962 e. The average Bonchev–Trinajstić information content (AvgIpc) is 2.85.